The lowest BCUT2D eigenvalue weighted by atomic mass is 9.91. The SMILES string of the molecule is Cl.O=C(N[C@H]1CCCC[C@@H]1O)c1cccc2c1CCCN2. The molecule has 1 aromatic carbocycles. The Bertz CT molecular complexity index is 507. The number of amides is 1. The summed E-state index contributed by atoms with van der Waals surface area (Å²) in [6.45, 7) is 0.972. The number of hydrogen-bond donors (Lipinski definition) is 3. The largest absolute Gasteiger partial charge is 0.391 e. The average molecular weight is 311 g/mol. The molecular weight excluding hydrogens is 288 g/mol. The van der Waals surface area contributed by atoms with Crippen LogP contribution in [0.15, 0.2) is 18.2 Å². The Labute approximate surface area is 131 Å². The van der Waals surface area contributed by atoms with Crippen LogP contribution < -0.4 is 10.6 Å². The van der Waals surface area contributed by atoms with Crippen molar-refractivity contribution in [2.45, 2.75) is 50.7 Å². The van der Waals surface area contributed by atoms with Crippen LogP contribution in [0.2, 0.25) is 0 Å². The van der Waals surface area contributed by atoms with E-state index in [2.05, 4.69) is 10.6 Å². The minimum absolute atomic E-state index is 0. The molecule has 2 aliphatic rings. The zero-order valence-electron chi connectivity index (χ0n) is 12.1. The number of aliphatic hydroxyl groups is 1. The summed E-state index contributed by atoms with van der Waals surface area (Å²) in [4.78, 5) is 12.5. The molecule has 1 aromatic rings. The second kappa shape index (κ2) is 7.14. The number of carbonyl (C=O) groups excluding carboxylic acids is 1. The first-order chi connectivity index (χ1) is 9.75. The molecule has 21 heavy (non-hydrogen) atoms. The van der Waals surface area contributed by atoms with E-state index in [0.29, 0.717) is 0 Å². The van der Waals surface area contributed by atoms with Crippen LogP contribution in [-0.2, 0) is 6.42 Å². The molecule has 1 aliphatic heterocycles. The predicted molar refractivity (Wildman–Crippen MR) is 86.2 cm³/mol. The van der Waals surface area contributed by atoms with Gasteiger partial charge in [-0.15, -0.1) is 12.4 Å². The van der Waals surface area contributed by atoms with E-state index >= 15 is 0 Å². The van der Waals surface area contributed by atoms with Crippen LogP contribution in [0.25, 0.3) is 0 Å². The standard InChI is InChI=1S/C16H22N2O2.ClH/c19-15-9-2-1-7-14(15)18-16(20)12-5-3-8-13-11(12)6-4-10-17-13;/h3,5,8,14-15,17,19H,1-2,4,6-7,9-10H2,(H,18,20);1H/t14-,15-;/m0./s1. The normalized spacial score (nSPS) is 24.2. The quantitative estimate of drug-likeness (QED) is 0.786. The second-order valence-corrected chi connectivity index (χ2v) is 5.79. The van der Waals surface area contributed by atoms with E-state index in [1.54, 1.807) is 0 Å². The minimum Gasteiger partial charge on any atom is -0.391 e. The molecule has 3 N–H and O–H groups in total. The summed E-state index contributed by atoms with van der Waals surface area (Å²) in [5, 5.41) is 16.3. The van der Waals surface area contributed by atoms with E-state index in [0.717, 1.165) is 61.9 Å². The third-order valence-electron chi connectivity index (χ3n) is 4.39. The number of fused-ring (bicyclic) bond motifs is 1. The molecule has 4 nitrogen and oxygen atoms in total. The van der Waals surface area contributed by atoms with E-state index in [1.807, 2.05) is 18.2 Å². The van der Waals surface area contributed by atoms with E-state index in [4.69, 9.17) is 0 Å². The Balaban J connectivity index is 0.00000161. The predicted octanol–water partition coefficient (Wildman–Crippen LogP) is 2.50. The average Bonchev–Trinajstić information content (AvgIpc) is 2.49. The topological polar surface area (TPSA) is 61.4 Å². The number of aliphatic hydroxyl groups excluding tert-OH is 1. The lowest BCUT2D eigenvalue weighted by Gasteiger charge is -2.29. The van der Waals surface area contributed by atoms with Crippen LogP contribution in [0.4, 0.5) is 5.69 Å². The number of benzene rings is 1. The third-order valence-corrected chi connectivity index (χ3v) is 4.39. The number of halogens is 1. The van der Waals surface area contributed by atoms with Crippen molar-refractivity contribution in [3.63, 3.8) is 0 Å². The molecule has 0 radical (unpaired) electrons. The van der Waals surface area contributed by atoms with Crippen LogP contribution in [0, 0.1) is 0 Å². The molecule has 1 fully saturated rings. The van der Waals surface area contributed by atoms with Crippen molar-refractivity contribution in [1.29, 1.82) is 0 Å². The maximum atomic E-state index is 12.5. The van der Waals surface area contributed by atoms with Gasteiger partial charge in [-0.1, -0.05) is 18.9 Å². The molecular formula is C16H23ClN2O2. The first-order valence-electron chi connectivity index (χ1n) is 7.60. The van der Waals surface area contributed by atoms with Crippen molar-refractivity contribution in [2.24, 2.45) is 0 Å². The maximum Gasteiger partial charge on any atom is 0.251 e. The summed E-state index contributed by atoms with van der Waals surface area (Å²) in [6, 6.07) is 5.74. The number of carbonyl (C=O) groups is 1. The zero-order valence-corrected chi connectivity index (χ0v) is 12.9. The smallest absolute Gasteiger partial charge is 0.251 e. The molecule has 0 unspecified atom stereocenters. The van der Waals surface area contributed by atoms with Crippen LogP contribution in [0.3, 0.4) is 0 Å². The Morgan fingerprint density at radius 1 is 1.24 bits per heavy atom. The summed E-state index contributed by atoms with van der Waals surface area (Å²) in [5.41, 5.74) is 2.95. The van der Waals surface area contributed by atoms with Gasteiger partial charge in [-0.25, -0.2) is 0 Å². The number of anilines is 1. The van der Waals surface area contributed by atoms with Crippen LogP contribution >= 0.6 is 12.4 Å². The molecule has 0 saturated heterocycles. The van der Waals surface area contributed by atoms with Gasteiger partial charge >= 0.3 is 0 Å². The highest BCUT2D eigenvalue weighted by Gasteiger charge is 2.26. The van der Waals surface area contributed by atoms with Gasteiger partial charge in [-0.2, -0.15) is 0 Å². The summed E-state index contributed by atoms with van der Waals surface area (Å²) in [5.74, 6) is -0.0449. The molecule has 1 saturated carbocycles. The van der Waals surface area contributed by atoms with Gasteiger partial charge in [0.15, 0.2) is 0 Å². The fourth-order valence-corrected chi connectivity index (χ4v) is 3.25. The van der Waals surface area contributed by atoms with Crippen LogP contribution in [0.1, 0.15) is 48.0 Å². The molecule has 3 rings (SSSR count). The van der Waals surface area contributed by atoms with Crippen LogP contribution in [-0.4, -0.2) is 29.7 Å². The molecule has 0 bridgehead atoms. The van der Waals surface area contributed by atoms with E-state index in [9.17, 15) is 9.90 Å². The molecule has 1 amide bonds. The van der Waals surface area contributed by atoms with Crippen molar-refractivity contribution in [3.05, 3.63) is 29.3 Å². The summed E-state index contributed by atoms with van der Waals surface area (Å²) < 4.78 is 0. The first-order valence-corrected chi connectivity index (χ1v) is 7.60. The van der Waals surface area contributed by atoms with E-state index in [-0.39, 0.29) is 24.4 Å². The van der Waals surface area contributed by atoms with Gasteiger partial charge in [0, 0.05) is 17.8 Å². The lowest BCUT2D eigenvalue weighted by Crippen LogP contribution is -2.45. The number of rotatable bonds is 2. The van der Waals surface area contributed by atoms with Gasteiger partial charge in [-0.05, 0) is 43.4 Å². The second-order valence-electron chi connectivity index (χ2n) is 5.79. The van der Waals surface area contributed by atoms with E-state index < -0.39 is 6.10 Å². The van der Waals surface area contributed by atoms with Crippen molar-refractivity contribution in [3.8, 4) is 0 Å². The van der Waals surface area contributed by atoms with Gasteiger partial charge in [-0.3, -0.25) is 4.79 Å². The van der Waals surface area contributed by atoms with Crippen LogP contribution in [0.5, 0.6) is 0 Å². The molecule has 1 heterocycles. The zero-order chi connectivity index (χ0) is 13.9. The van der Waals surface area contributed by atoms with Gasteiger partial charge in [0.25, 0.3) is 5.91 Å². The minimum atomic E-state index is -0.398. The molecule has 2 atom stereocenters. The van der Waals surface area contributed by atoms with Crippen molar-refractivity contribution < 1.29 is 9.90 Å². The molecule has 116 valence electrons. The molecule has 0 spiro atoms. The highest BCUT2D eigenvalue weighted by atomic mass is 35.5. The molecule has 1 aliphatic carbocycles. The molecule has 5 heteroatoms. The number of nitrogens with one attached hydrogen (secondary N) is 2. The molecule has 0 aromatic heterocycles. The number of hydrogen-bond acceptors (Lipinski definition) is 3. The highest BCUT2D eigenvalue weighted by Crippen LogP contribution is 2.26. The summed E-state index contributed by atoms with van der Waals surface area (Å²) in [7, 11) is 0. The Morgan fingerprint density at radius 2 is 2.05 bits per heavy atom. The first kappa shape index (κ1) is 16.1. The van der Waals surface area contributed by atoms with Gasteiger partial charge in [0.2, 0.25) is 0 Å². The fraction of sp³-hybridized carbons (Fsp3) is 0.562. The van der Waals surface area contributed by atoms with Crippen molar-refractivity contribution in [2.75, 3.05) is 11.9 Å². The summed E-state index contributed by atoms with van der Waals surface area (Å²) >= 11 is 0. The Kier molecular flexibility index (Phi) is 5.48. The third kappa shape index (κ3) is 3.50. The van der Waals surface area contributed by atoms with E-state index in [1.165, 1.54) is 0 Å². The van der Waals surface area contributed by atoms with Gasteiger partial charge in [0.1, 0.15) is 0 Å². The van der Waals surface area contributed by atoms with Gasteiger partial charge < -0.3 is 15.7 Å². The lowest BCUT2D eigenvalue weighted by molar-refractivity contribution is 0.0716. The summed E-state index contributed by atoms with van der Waals surface area (Å²) in [6.07, 6.45) is 5.40. The Hall–Kier alpha value is -1.26. The maximum absolute atomic E-state index is 12.5. The Morgan fingerprint density at radius 3 is 2.86 bits per heavy atom. The highest BCUT2D eigenvalue weighted by molar-refractivity contribution is 5.97. The monoisotopic (exact) mass is 310 g/mol. The van der Waals surface area contributed by atoms with Gasteiger partial charge in [0.05, 0.1) is 12.1 Å². The van der Waals surface area contributed by atoms with Crippen molar-refractivity contribution in [1.82, 2.24) is 5.32 Å². The fourth-order valence-electron chi connectivity index (χ4n) is 3.25. The van der Waals surface area contributed by atoms with Crippen molar-refractivity contribution >= 4 is 24.0 Å².